The summed E-state index contributed by atoms with van der Waals surface area (Å²) in [5.41, 5.74) is 6.05. The van der Waals surface area contributed by atoms with Gasteiger partial charge < -0.3 is 16.2 Å². The van der Waals surface area contributed by atoms with E-state index in [1.54, 1.807) is 12.1 Å². The van der Waals surface area contributed by atoms with E-state index in [4.69, 9.17) is 5.73 Å². The Balaban J connectivity index is 2.57. The van der Waals surface area contributed by atoms with Gasteiger partial charge in [0.05, 0.1) is 11.0 Å². The lowest BCUT2D eigenvalue weighted by Gasteiger charge is -2.12. The number of aliphatic hydroxyl groups is 1. The highest BCUT2D eigenvalue weighted by molar-refractivity contribution is 7.90. The zero-order valence-electron chi connectivity index (χ0n) is 10.5. The third kappa shape index (κ3) is 4.73. The fraction of sp³-hybridized carbons (Fsp3) is 0.500. The van der Waals surface area contributed by atoms with Gasteiger partial charge in [0, 0.05) is 12.8 Å². The van der Waals surface area contributed by atoms with Gasteiger partial charge >= 0.3 is 0 Å². The molecule has 4 N–H and O–H groups in total. The average Bonchev–Trinajstić information content (AvgIpc) is 2.33. The van der Waals surface area contributed by atoms with Crippen molar-refractivity contribution in [1.82, 2.24) is 5.32 Å². The molecule has 0 heterocycles. The van der Waals surface area contributed by atoms with E-state index >= 15 is 0 Å². The molecule has 5 nitrogen and oxygen atoms in total. The Morgan fingerprint density at radius 3 is 2.44 bits per heavy atom. The molecule has 0 saturated carbocycles. The van der Waals surface area contributed by atoms with Gasteiger partial charge in [-0.25, -0.2) is 8.42 Å². The highest BCUT2D eigenvalue weighted by atomic mass is 32.2. The average molecular weight is 272 g/mol. The number of benzene rings is 1. The predicted molar refractivity (Wildman–Crippen MR) is 71.1 cm³/mol. The Kier molecular flexibility index (Phi) is 5.74. The molecule has 0 aliphatic rings. The van der Waals surface area contributed by atoms with Gasteiger partial charge in [-0.2, -0.15) is 0 Å². The zero-order chi connectivity index (χ0) is 13.6. The number of nitrogens with two attached hydrogens (primary N) is 1. The molecule has 0 amide bonds. The first-order chi connectivity index (χ1) is 8.45. The third-order valence-corrected chi connectivity index (χ3v) is 3.72. The Morgan fingerprint density at radius 1 is 1.33 bits per heavy atom. The molecule has 1 rings (SSSR count). The number of aliphatic hydroxyl groups excluding tert-OH is 1. The van der Waals surface area contributed by atoms with Crippen LogP contribution in [-0.4, -0.2) is 39.4 Å². The van der Waals surface area contributed by atoms with Crippen LogP contribution in [0.3, 0.4) is 0 Å². The van der Waals surface area contributed by atoms with Gasteiger partial charge in [-0.15, -0.1) is 0 Å². The van der Waals surface area contributed by atoms with Crippen LogP contribution < -0.4 is 11.1 Å². The molecule has 0 bridgehead atoms. The Labute approximate surface area is 108 Å². The largest absolute Gasteiger partial charge is 0.387 e. The summed E-state index contributed by atoms with van der Waals surface area (Å²) in [6.45, 7) is 1.80. The molecule has 0 spiro atoms. The van der Waals surface area contributed by atoms with Gasteiger partial charge in [0.25, 0.3) is 0 Å². The summed E-state index contributed by atoms with van der Waals surface area (Å²) in [6.07, 6.45) is 1.38. The van der Waals surface area contributed by atoms with Crippen LogP contribution in [0.25, 0.3) is 0 Å². The van der Waals surface area contributed by atoms with Crippen LogP contribution in [0.15, 0.2) is 29.2 Å². The fourth-order valence-corrected chi connectivity index (χ4v) is 2.15. The number of nitrogens with one attached hydrogen (secondary N) is 1. The van der Waals surface area contributed by atoms with Crippen molar-refractivity contribution >= 4 is 9.84 Å². The lowest BCUT2D eigenvalue weighted by molar-refractivity contribution is 0.175. The topological polar surface area (TPSA) is 92.4 Å². The number of hydrogen-bond donors (Lipinski definition) is 3. The quantitative estimate of drug-likeness (QED) is 0.611. The van der Waals surface area contributed by atoms with Gasteiger partial charge in [0.2, 0.25) is 0 Å². The SMILES string of the molecule is CS(=O)(=O)c1ccc(C(O)CNCCCN)cc1. The number of hydrogen-bond acceptors (Lipinski definition) is 5. The van der Waals surface area contributed by atoms with E-state index in [0.717, 1.165) is 19.2 Å². The highest BCUT2D eigenvalue weighted by Crippen LogP contribution is 2.15. The summed E-state index contributed by atoms with van der Waals surface area (Å²) >= 11 is 0. The molecule has 1 atom stereocenters. The molecule has 1 unspecified atom stereocenters. The minimum Gasteiger partial charge on any atom is -0.387 e. The van der Waals surface area contributed by atoms with Crippen molar-refractivity contribution in [2.75, 3.05) is 25.9 Å². The molecule has 0 fully saturated rings. The smallest absolute Gasteiger partial charge is 0.175 e. The summed E-state index contributed by atoms with van der Waals surface area (Å²) in [5.74, 6) is 0. The number of rotatable bonds is 7. The lowest BCUT2D eigenvalue weighted by atomic mass is 10.1. The van der Waals surface area contributed by atoms with Crippen LogP contribution >= 0.6 is 0 Å². The molecule has 0 saturated heterocycles. The van der Waals surface area contributed by atoms with Crippen LogP contribution in [0.2, 0.25) is 0 Å². The van der Waals surface area contributed by atoms with Crippen molar-refractivity contribution in [2.45, 2.75) is 17.4 Å². The highest BCUT2D eigenvalue weighted by Gasteiger charge is 2.10. The summed E-state index contributed by atoms with van der Waals surface area (Å²) in [7, 11) is -3.18. The van der Waals surface area contributed by atoms with Crippen LogP contribution in [0.4, 0.5) is 0 Å². The minimum atomic E-state index is -3.18. The molecule has 1 aromatic rings. The lowest BCUT2D eigenvalue weighted by Crippen LogP contribution is -2.24. The first-order valence-electron chi connectivity index (χ1n) is 5.84. The maximum Gasteiger partial charge on any atom is 0.175 e. The van der Waals surface area contributed by atoms with E-state index in [1.807, 2.05) is 0 Å². The normalized spacial score (nSPS) is 13.5. The summed E-state index contributed by atoms with van der Waals surface area (Å²) in [4.78, 5) is 0.259. The van der Waals surface area contributed by atoms with E-state index in [1.165, 1.54) is 12.1 Å². The second-order valence-corrected chi connectivity index (χ2v) is 6.22. The van der Waals surface area contributed by atoms with Crippen molar-refractivity contribution in [3.05, 3.63) is 29.8 Å². The van der Waals surface area contributed by atoms with Crippen LogP contribution in [0.1, 0.15) is 18.1 Å². The maximum absolute atomic E-state index is 11.3. The summed E-state index contributed by atoms with van der Waals surface area (Å²) in [5, 5.41) is 13.0. The molecule has 18 heavy (non-hydrogen) atoms. The second kappa shape index (κ2) is 6.84. The monoisotopic (exact) mass is 272 g/mol. The van der Waals surface area contributed by atoms with E-state index in [-0.39, 0.29) is 4.90 Å². The van der Waals surface area contributed by atoms with Gasteiger partial charge in [-0.3, -0.25) is 0 Å². The molecular weight excluding hydrogens is 252 g/mol. The van der Waals surface area contributed by atoms with Gasteiger partial charge in [0.15, 0.2) is 9.84 Å². The first-order valence-corrected chi connectivity index (χ1v) is 7.73. The van der Waals surface area contributed by atoms with Crippen molar-refractivity contribution in [2.24, 2.45) is 5.73 Å². The van der Waals surface area contributed by atoms with E-state index in [9.17, 15) is 13.5 Å². The summed E-state index contributed by atoms with van der Waals surface area (Å²) in [6, 6.07) is 6.28. The molecule has 0 aromatic heterocycles. The van der Waals surface area contributed by atoms with E-state index in [0.29, 0.717) is 18.7 Å². The van der Waals surface area contributed by atoms with Gasteiger partial charge in [-0.05, 0) is 37.2 Å². The number of sulfone groups is 1. The molecule has 1 aromatic carbocycles. The second-order valence-electron chi connectivity index (χ2n) is 4.20. The van der Waals surface area contributed by atoms with Crippen LogP contribution in [0, 0.1) is 0 Å². The van der Waals surface area contributed by atoms with Crippen molar-refractivity contribution in [3.63, 3.8) is 0 Å². The fourth-order valence-electron chi connectivity index (χ4n) is 1.52. The van der Waals surface area contributed by atoms with Gasteiger partial charge in [0.1, 0.15) is 0 Å². The molecule has 0 aliphatic heterocycles. The zero-order valence-corrected chi connectivity index (χ0v) is 11.3. The molecule has 102 valence electrons. The first kappa shape index (κ1) is 15.1. The third-order valence-electron chi connectivity index (χ3n) is 2.59. The van der Waals surface area contributed by atoms with Gasteiger partial charge in [-0.1, -0.05) is 12.1 Å². The van der Waals surface area contributed by atoms with Crippen LogP contribution in [-0.2, 0) is 9.84 Å². The summed E-state index contributed by atoms with van der Waals surface area (Å²) < 4.78 is 22.5. The van der Waals surface area contributed by atoms with E-state index < -0.39 is 15.9 Å². The predicted octanol–water partition coefficient (Wildman–Crippen LogP) is 0.0619. The molecule has 6 heteroatoms. The Bertz CT molecular complexity index is 457. The standard InChI is InChI=1S/C12H20N2O3S/c1-18(16,17)11-5-3-10(4-6-11)12(15)9-14-8-2-7-13/h3-6,12,14-15H,2,7-9,13H2,1H3. The van der Waals surface area contributed by atoms with E-state index in [2.05, 4.69) is 5.32 Å². The van der Waals surface area contributed by atoms with Crippen LogP contribution in [0.5, 0.6) is 0 Å². The Morgan fingerprint density at radius 2 is 1.94 bits per heavy atom. The van der Waals surface area contributed by atoms with Crippen molar-refractivity contribution in [3.8, 4) is 0 Å². The van der Waals surface area contributed by atoms with Crippen molar-refractivity contribution in [1.29, 1.82) is 0 Å². The van der Waals surface area contributed by atoms with Crippen molar-refractivity contribution < 1.29 is 13.5 Å². The molecular formula is C12H20N2O3S. The molecule has 0 aliphatic carbocycles. The molecule has 0 radical (unpaired) electrons. The minimum absolute atomic E-state index is 0.259. The maximum atomic E-state index is 11.3. The Hall–Kier alpha value is -0.950.